The number of hydrazone groups is 1. The summed E-state index contributed by atoms with van der Waals surface area (Å²) in [7, 11) is -2.09. The quantitative estimate of drug-likeness (QED) is 0.407. The second-order valence-corrected chi connectivity index (χ2v) is 11.1. The Bertz CT molecular complexity index is 1420. The molecule has 0 aromatic heterocycles. The van der Waals surface area contributed by atoms with Crippen LogP contribution in [0.25, 0.3) is 6.08 Å². The van der Waals surface area contributed by atoms with E-state index in [1.165, 1.54) is 20.1 Å². The molecule has 0 unspecified atom stereocenters. The van der Waals surface area contributed by atoms with Crippen LogP contribution in [0.4, 0.5) is 0 Å². The van der Waals surface area contributed by atoms with E-state index in [1.807, 2.05) is 31.2 Å². The molecule has 0 atom stereocenters. The highest BCUT2D eigenvalue weighted by atomic mass is 32.3. The minimum atomic E-state index is -3.59. The van der Waals surface area contributed by atoms with Crippen LogP contribution in [0.15, 0.2) is 58.1 Å². The summed E-state index contributed by atoms with van der Waals surface area (Å²) in [5, 5.41) is 13.5. The number of fused-ring (bicyclic) bond motifs is 1. The van der Waals surface area contributed by atoms with Gasteiger partial charge >= 0.3 is 0 Å². The van der Waals surface area contributed by atoms with Crippen LogP contribution in [0.1, 0.15) is 18.1 Å². The van der Waals surface area contributed by atoms with E-state index in [9.17, 15) is 13.2 Å². The molecule has 12 heteroatoms. The molecule has 10 nitrogen and oxygen atoms in total. The number of aliphatic imine (C=N–C) groups is 1. The van der Waals surface area contributed by atoms with Gasteiger partial charge in [0.15, 0.2) is 17.3 Å². The zero-order valence-corrected chi connectivity index (χ0v) is 21.5. The Kier molecular flexibility index (Phi) is 7.45. The summed E-state index contributed by atoms with van der Waals surface area (Å²) < 4.78 is 41.1. The molecule has 1 amide bonds. The number of ether oxygens (including phenoxy) is 3. The van der Waals surface area contributed by atoms with Gasteiger partial charge < -0.3 is 14.2 Å². The maximum Gasteiger partial charge on any atom is 0.283 e. The number of rotatable bonds is 8. The van der Waals surface area contributed by atoms with Crippen molar-refractivity contribution in [1.82, 2.24) is 5.01 Å². The Morgan fingerprint density at radius 1 is 1.08 bits per heavy atom. The minimum Gasteiger partial charge on any atom is -0.493 e. The van der Waals surface area contributed by atoms with Gasteiger partial charge in [0, 0.05) is 0 Å². The van der Waals surface area contributed by atoms with Crippen molar-refractivity contribution in [2.24, 2.45) is 10.1 Å². The molecule has 0 aliphatic carbocycles. The van der Waals surface area contributed by atoms with Gasteiger partial charge in [0.05, 0.1) is 18.4 Å². The second kappa shape index (κ2) is 10.5. The summed E-state index contributed by atoms with van der Waals surface area (Å²) in [6.07, 6.45) is 1.48. The van der Waals surface area contributed by atoms with Gasteiger partial charge in [0.25, 0.3) is 5.91 Å². The number of aryl methyl sites for hydroxylation is 1. The summed E-state index contributed by atoms with van der Waals surface area (Å²) in [5.74, 6) is 0.665. The third kappa shape index (κ3) is 5.29. The van der Waals surface area contributed by atoms with Crippen molar-refractivity contribution in [2.45, 2.75) is 13.8 Å². The van der Waals surface area contributed by atoms with E-state index in [0.717, 1.165) is 28.1 Å². The Morgan fingerprint density at radius 2 is 1.81 bits per heavy atom. The largest absolute Gasteiger partial charge is 0.493 e. The zero-order valence-electron chi connectivity index (χ0n) is 19.8. The van der Waals surface area contributed by atoms with E-state index in [4.69, 9.17) is 19.6 Å². The molecule has 2 aromatic carbocycles. The minimum absolute atomic E-state index is 0.0272. The monoisotopic (exact) mass is 528 g/mol. The van der Waals surface area contributed by atoms with Crippen LogP contribution < -0.4 is 14.2 Å². The Morgan fingerprint density at radius 3 is 2.50 bits per heavy atom. The number of carbonyl (C=O) groups excluding carboxylic acids is 1. The van der Waals surface area contributed by atoms with E-state index in [2.05, 4.69) is 10.1 Å². The Labute approximate surface area is 213 Å². The molecule has 1 N–H and O–H groups in total. The number of para-hydroxylation sites is 1. The fraction of sp³-hybridized carbons (Fsp3) is 0.250. The highest BCUT2D eigenvalue weighted by Gasteiger charge is 2.39. The number of methoxy groups -OCH3 is 1. The number of nitrogens with zero attached hydrogens (tertiary/aromatic N) is 3. The highest BCUT2D eigenvalue weighted by molar-refractivity contribution is 8.42. The lowest BCUT2D eigenvalue weighted by Crippen LogP contribution is -2.35. The molecule has 2 heterocycles. The molecule has 0 saturated heterocycles. The van der Waals surface area contributed by atoms with Crippen molar-refractivity contribution in [1.29, 1.82) is 5.41 Å². The van der Waals surface area contributed by atoms with Crippen LogP contribution in [0.5, 0.6) is 17.2 Å². The van der Waals surface area contributed by atoms with Crippen LogP contribution in [0.2, 0.25) is 0 Å². The van der Waals surface area contributed by atoms with Crippen LogP contribution in [0.3, 0.4) is 0 Å². The zero-order chi connectivity index (χ0) is 25.9. The topological polar surface area (TPSA) is 131 Å². The normalized spacial score (nSPS) is 16.5. The Balaban J connectivity index is 1.48. The number of thioether (sulfide) groups is 1. The number of amidine groups is 2. The predicted molar refractivity (Wildman–Crippen MR) is 140 cm³/mol. The molecule has 0 bridgehead atoms. The fourth-order valence-corrected chi connectivity index (χ4v) is 5.47. The average Bonchev–Trinajstić information content (AvgIpc) is 3.31. The van der Waals surface area contributed by atoms with Crippen LogP contribution in [-0.2, 0) is 14.6 Å². The molecular weight excluding hydrogens is 504 g/mol. The van der Waals surface area contributed by atoms with E-state index >= 15 is 0 Å². The molecule has 36 heavy (non-hydrogen) atoms. The summed E-state index contributed by atoms with van der Waals surface area (Å²) in [5.41, 5.74) is 1.58. The third-order valence-electron chi connectivity index (χ3n) is 5.27. The van der Waals surface area contributed by atoms with Gasteiger partial charge in [0.2, 0.25) is 19.4 Å². The summed E-state index contributed by atoms with van der Waals surface area (Å²) in [6.45, 7) is 4.10. The molecule has 4 rings (SSSR count). The van der Waals surface area contributed by atoms with Gasteiger partial charge in [0.1, 0.15) is 19.0 Å². The number of hydrogen-bond donors (Lipinski definition) is 1. The molecular formula is C24H24N4O6S2. The maximum atomic E-state index is 12.6. The van der Waals surface area contributed by atoms with Crippen LogP contribution in [0, 0.1) is 12.3 Å². The first-order valence-corrected chi connectivity index (χ1v) is 13.4. The first-order valence-electron chi connectivity index (χ1n) is 11.0. The summed E-state index contributed by atoms with van der Waals surface area (Å²) in [4.78, 5) is 16.5. The van der Waals surface area contributed by atoms with Gasteiger partial charge in [-0.05, 0) is 54.1 Å². The van der Waals surface area contributed by atoms with Crippen molar-refractivity contribution in [2.75, 3.05) is 26.1 Å². The lowest BCUT2D eigenvalue weighted by molar-refractivity contribution is -0.114. The van der Waals surface area contributed by atoms with E-state index in [-0.39, 0.29) is 26.7 Å². The second-order valence-electron chi connectivity index (χ2n) is 7.66. The number of nitrogens with one attached hydrogen (secondary N) is 1. The van der Waals surface area contributed by atoms with Crippen molar-refractivity contribution >= 4 is 49.0 Å². The summed E-state index contributed by atoms with van der Waals surface area (Å²) in [6, 6.07) is 12.8. The van der Waals surface area contributed by atoms with Gasteiger partial charge in [-0.3, -0.25) is 10.2 Å². The third-order valence-corrected chi connectivity index (χ3v) is 8.36. The number of amides is 1. The van der Waals surface area contributed by atoms with Crippen molar-refractivity contribution in [3.63, 3.8) is 0 Å². The summed E-state index contributed by atoms with van der Waals surface area (Å²) >= 11 is 0.761. The smallest absolute Gasteiger partial charge is 0.283 e. The molecule has 188 valence electrons. The van der Waals surface area contributed by atoms with E-state index < -0.39 is 15.7 Å². The van der Waals surface area contributed by atoms with Crippen molar-refractivity contribution in [3.05, 3.63) is 59.2 Å². The van der Waals surface area contributed by atoms with Gasteiger partial charge in [-0.2, -0.15) is 10.0 Å². The number of sulfone groups is 1. The highest BCUT2D eigenvalue weighted by Crippen LogP contribution is 2.32. The lowest BCUT2D eigenvalue weighted by atomic mass is 10.1. The number of benzene rings is 2. The van der Waals surface area contributed by atoms with Crippen LogP contribution >= 0.6 is 11.8 Å². The SMILES string of the molecule is CCS(=O)(=O)C1=NN2C(=N)/C(=C\c3ccc(OCCOc4ccccc4C)c(OC)c3)C(=O)N=C2S1. The molecule has 2 aromatic rings. The maximum absolute atomic E-state index is 12.6. The first kappa shape index (κ1) is 25.5. The van der Waals surface area contributed by atoms with Gasteiger partial charge in [-0.15, -0.1) is 5.10 Å². The lowest BCUT2D eigenvalue weighted by Gasteiger charge is -2.20. The van der Waals surface area contributed by atoms with Crippen molar-refractivity contribution in [3.8, 4) is 17.2 Å². The average molecular weight is 529 g/mol. The van der Waals surface area contributed by atoms with Gasteiger partial charge in [-0.1, -0.05) is 31.2 Å². The first-order chi connectivity index (χ1) is 17.2. The molecule has 2 aliphatic heterocycles. The van der Waals surface area contributed by atoms with Crippen molar-refractivity contribution < 1.29 is 27.4 Å². The molecule has 2 aliphatic rings. The fourth-order valence-electron chi connectivity index (χ4n) is 3.31. The number of hydrogen-bond acceptors (Lipinski definition) is 9. The number of carbonyl (C=O) groups is 1. The standard InChI is InChI=1S/C24H24N4O6S2/c1-4-36(30,31)24-27-28-21(25)17(22(29)26-23(28)35-24)13-16-9-10-19(20(14-16)32-3)34-12-11-33-18-8-6-5-7-15(18)2/h5-10,13-14,25H,4,11-12H2,1-3H3/b17-13+,25-21?. The molecule has 0 radical (unpaired) electrons. The molecule has 0 spiro atoms. The predicted octanol–water partition coefficient (Wildman–Crippen LogP) is 3.47. The van der Waals surface area contributed by atoms with E-state index in [1.54, 1.807) is 18.2 Å². The molecule has 0 fully saturated rings. The Hall–Kier alpha value is -3.64. The molecule has 0 saturated carbocycles. The van der Waals surface area contributed by atoms with Crippen LogP contribution in [-0.4, -0.2) is 60.8 Å². The van der Waals surface area contributed by atoms with Gasteiger partial charge in [-0.25, -0.2) is 8.42 Å². The van der Waals surface area contributed by atoms with E-state index in [0.29, 0.717) is 30.3 Å².